The minimum Gasteiger partial charge on any atom is -0.759 e. The van der Waals surface area contributed by atoms with Crippen LogP contribution in [0.4, 0.5) is 0 Å². The van der Waals surface area contributed by atoms with Gasteiger partial charge in [-0.2, -0.15) is 0 Å². The predicted molar refractivity (Wildman–Crippen MR) is 37.2 cm³/mol. The van der Waals surface area contributed by atoms with Gasteiger partial charge >= 0.3 is 48.9 Å². The molecule has 0 fully saturated rings. The van der Waals surface area contributed by atoms with Crippen molar-refractivity contribution in [3.8, 4) is 0 Å². The molecule has 0 aromatic heterocycles. The van der Waals surface area contributed by atoms with Crippen LogP contribution in [0, 0.1) is 0 Å². The molecular weight excluding hydrogens is 609 g/mol. The zero-order valence-corrected chi connectivity index (χ0v) is 17.1. The monoisotopic (exact) mass is 610 g/mol. The van der Waals surface area contributed by atoms with Crippen molar-refractivity contribution in [3.05, 3.63) is 0 Å². The van der Waals surface area contributed by atoms with Gasteiger partial charge in [-0.1, -0.05) is 0 Å². The fourth-order valence-electron chi connectivity index (χ4n) is 0. The number of rotatable bonds is 0. The normalized spacial score (nSPS) is 10.2. The first-order valence-electron chi connectivity index (χ1n) is 2.00. The first kappa shape index (κ1) is 31.3. The van der Waals surface area contributed by atoms with Crippen LogP contribution in [0.15, 0.2) is 0 Å². The molecule has 0 saturated carbocycles. The zero-order valence-electron chi connectivity index (χ0n) is 7.24. The van der Waals surface area contributed by atoms with Gasteiger partial charge in [0.25, 0.3) is 0 Å². The van der Waals surface area contributed by atoms with Crippen LogP contribution in [0.3, 0.4) is 0 Å². The van der Waals surface area contributed by atoms with Crippen molar-refractivity contribution >= 4 is 80.1 Å². The molecule has 17 heteroatoms. The van der Waals surface area contributed by atoms with E-state index in [2.05, 4.69) is 0 Å². The minimum absolute atomic E-state index is 0. The van der Waals surface area contributed by atoms with Crippen LogP contribution in [-0.2, 0) is 52.3 Å². The molecule has 0 spiro atoms. The fraction of sp³-hybridized carbons (Fsp3) is 0. The van der Waals surface area contributed by atoms with Gasteiger partial charge in [-0.05, 0) is 0 Å². The van der Waals surface area contributed by atoms with Crippen molar-refractivity contribution in [1.29, 1.82) is 0 Å². The van der Waals surface area contributed by atoms with E-state index in [1.165, 1.54) is 0 Å². The average Bonchev–Trinajstić information content (AvgIpc) is 1.41. The second-order valence-electron chi connectivity index (χ2n) is 1.22. The molecule has 0 saturated heterocycles. The van der Waals surface area contributed by atoms with E-state index in [4.69, 9.17) is 52.6 Å². The van der Waals surface area contributed by atoms with Crippen molar-refractivity contribution in [2.24, 2.45) is 0 Å². The molecule has 0 aliphatic heterocycles. The Morgan fingerprint density at radius 1 is 0.471 bits per heavy atom. The molecule has 0 rings (SSSR count). The van der Waals surface area contributed by atoms with Crippen LogP contribution in [0.2, 0.25) is 0 Å². The zero-order chi connectivity index (χ0) is 13.5. The van der Waals surface area contributed by atoms with Crippen molar-refractivity contribution in [2.75, 3.05) is 0 Å². The third kappa shape index (κ3) is 1290. The average molecular weight is 609 g/mol. The van der Waals surface area contributed by atoms with E-state index in [1.54, 1.807) is 0 Å². The summed E-state index contributed by atoms with van der Waals surface area (Å²) in [5.41, 5.74) is 0. The van der Waals surface area contributed by atoms with E-state index in [0.29, 0.717) is 0 Å². The molecule has 102 valence electrons. The van der Waals surface area contributed by atoms with E-state index in [9.17, 15) is 0 Å². The van der Waals surface area contributed by atoms with Gasteiger partial charge in [0.1, 0.15) is 0 Å². The Kier molecular flexibility index (Phi) is 23.7. The Hall–Kier alpha value is 1.87. The second kappa shape index (κ2) is 12.9. The van der Waals surface area contributed by atoms with Gasteiger partial charge < -0.3 is 27.3 Å². The fourth-order valence-corrected chi connectivity index (χ4v) is 0. The van der Waals surface area contributed by atoms with Crippen molar-refractivity contribution < 1.29 is 73.6 Å². The third-order valence-corrected chi connectivity index (χ3v) is 0. The van der Waals surface area contributed by atoms with Crippen molar-refractivity contribution in [1.82, 2.24) is 0 Å². The van der Waals surface area contributed by atoms with E-state index in [1.807, 2.05) is 0 Å². The largest absolute Gasteiger partial charge is 2.00 e. The number of hydrogen-bond donors (Lipinski definition) is 0. The van der Waals surface area contributed by atoms with Crippen LogP contribution >= 0.6 is 0 Å². The first-order valence-corrected chi connectivity index (χ1v) is 6.00. The Balaban J connectivity index is -0.0000000400. The van der Waals surface area contributed by atoms with Gasteiger partial charge in [0.05, 0.1) is 0 Å². The maximum atomic E-state index is 8.52. The summed E-state index contributed by atoms with van der Waals surface area (Å²) in [6.07, 6.45) is 0. The molecular formula is BaO12S3W-4. The first-order chi connectivity index (χ1) is 6.00. The number of hydrogen-bond acceptors (Lipinski definition) is 12. The van der Waals surface area contributed by atoms with Crippen molar-refractivity contribution in [2.45, 2.75) is 0 Å². The molecule has 0 aromatic rings. The van der Waals surface area contributed by atoms with Crippen molar-refractivity contribution in [3.63, 3.8) is 0 Å². The molecule has 0 unspecified atom stereocenters. The van der Waals surface area contributed by atoms with Crippen LogP contribution in [0.5, 0.6) is 0 Å². The molecule has 0 bridgehead atoms. The summed E-state index contributed by atoms with van der Waals surface area (Å²) in [6.45, 7) is 0. The van der Waals surface area contributed by atoms with E-state index in [-0.39, 0.29) is 69.9 Å². The summed E-state index contributed by atoms with van der Waals surface area (Å²) >= 11 is 0. The molecule has 0 heterocycles. The molecule has 0 aliphatic carbocycles. The maximum absolute atomic E-state index is 8.52. The predicted octanol–water partition coefficient (Wildman–Crippen LogP) is -4.40. The maximum Gasteiger partial charge on any atom is 2.00 e. The smallest absolute Gasteiger partial charge is 0.759 e. The van der Waals surface area contributed by atoms with Crippen LogP contribution in [-0.4, -0.2) is 101 Å². The third-order valence-electron chi connectivity index (χ3n) is 0. The SMILES string of the molecule is O=S(=O)([O-])[O-].O=S(=O)([O-])[O-].O=S(=O)([O-])[O-].[Ba+2].[W]. The van der Waals surface area contributed by atoms with E-state index in [0.717, 1.165) is 0 Å². The minimum atomic E-state index is -5.17. The molecule has 0 N–H and O–H groups in total. The molecule has 17 heavy (non-hydrogen) atoms. The quantitative estimate of drug-likeness (QED) is 0.144. The summed E-state index contributed by atoms with van der Waals surface area (Å²) in [4.78, 5) is 0. The molecule has 12 nitrogen and oxygen atoms in total. The molecule has 0 aliphatic rings. The molecule has 0 atom stereocenters. The molecule has 0 radical (unpaired) electrons. The molecule has 0 amide bonds. The van der Waals surface area contributed by atoms with Gasteiger partial charge in [-0.25, -0.2) is 0 Å². The Labute approximate surface area is 151 Å². The van der Waals surface area contributed by atoms with Crippen LogP contribution in [0.25, 0.3) is 0 Å². The molecule has 0 aromatic carbocycles. The van der Waals surface area contributed by atoms with E-state index < -0.39 is 31.2 Å². The summed E-state index contributed by atoms with van der Waals surface area (Å²) in [5, 5.41) is 0. The summed E-state index contributed by atoms with van der Waals surface area (Å²) < 4.78 is 102. The van der Waals surface area contributed by atoms with Gasteiger partial charge in [0, 0.05) is 52.3 Å². The van der Waals surface area contributed by atoms with Gasteiger partial charge in [0.15, 0.2) is 0 Å². The van der Waals surface area contributed by atoms with Gasteiger partial charge in [-0.3, -0.25) is 25.3 Å². The standard InChI is InChI=1S/Ba.3H2O4S.W/c;3*1-5(2,3)4;/h;3*(H2,1,2,3,4);/q+2;;;;/p-6. The van der Waals surface area contributed by atoms with Crippen LogP contribution < -0.4 is 0 Å². The van der Waals surface area contributed by atoms with Gasteiger partial charge in [0.2, 0.25) is 0 Å². The topological polar surface area (TPSA) is 241 Å². The Morgan fingerprint density at radius 3 is 0.471 bits per heavy atom. The summed E-state index contributed by atoms with van der Waals surface area (Å²) in [5.74, 6) is 0. The summed E-state index contributed by atoms with van der Waals surface area (Å²) in [7, 11) is -15.5. The Bertz CT molecular complexity index is 343. The van der Waals surface area contributed by atoms with Gasteiger partial charge in [-0.15, -0.1) is 0 Å². The van der Waals surface area contributed by atoms with E-state index >= 15 is 0 Å². The summed E-state index contributed by atoms with van der Waals surface area (Å²) in [6, 6.07) is 0. The second-order valence-corrected chi connectivity index (χ2v) is 3.67. The van der Waals surface area contributed by atoms with Crippen LogP contribution in [0.1, 0.15) is 0 Å². The Morgan fingerprint density at radius 2 is 0.471 bits per heavy atom.